The molecule has 0 aliphatic carbocycles. The molecular formula is C8H18N2O3S. The fraction of sp³-hybridized carbons (Fsp3) is 1.00. The Hall–Kier alpha value is -0.170. The van der Waals surface area contributed by atoms with Crippen molar-refractivity contribution in [3.8, 4) is 0 Å². The molecule has 0 aromatic heterocycles. The van der Waals surface area contributed by atoms with Crippen LogP contribution in [0.15, 0.2) is 0 Å². The molecule has 0 amide bonds. The molecule has 1 aliphatic heterocycles. The van der Waals surface area contributed by atoms with Gasteiger partial charge in [0.25, 0.3) is 10.2 Å². The molecule has 1 heterocycles. The van der Waals surface area contributed by atoms with Crippen LogP contribution < -0.4 is 4.72 Å². The van der Waals surface area contributed by atoms with Gasteiger partial charge in [-0.3, -0.25) is 0 Å². The van der Waals surface area contributed by atoms with E-state index in [0.29, 0.717) is 19.5 Å². The van der Waals surface area contributed by atoms with Crippen LogP contribution in [-0.2, 0) is 10.2 Å². The second-order valence-corrected chi connectivity index (χ2v) is 5.80. The lowest BCUT2D eigenvalue weighted by atomic mass is 10.2. The van der Waals surface area contributed by atoms with Gasteiger partial charge in [-0.15, -0.1) is 0 Å². The quantitative estimate of drug-likeness (QED) is 0.676. The first-order chi connectivity index (χ1) is 6.42. The van der Waals surface area contributed by atoms with Gasteiger partial charge in [-0.2, -0.15) is 12.7 Å². The average Bonchev–Trinajstić information content (AvgIpc) is 2.49. The maximum atomic E-state index is 11.6. The fourth-order valence-corrected chi connectivity index (χ4v) is 2.73. The summed E-state index contributed by atoms with van der Waals surface area (Å²) in [4.78, 5) is 0. The van der Waals surface area contributed by atoms with Crippen molar-refractivity contribution in [1.29, 1.82) is 0 Å². The van der Waals surface area contributed by atoms with Gasteiger partial charge in [0.2, 0.25) is 0 Å². The van der Waals surface area contributed by atoms with Gasteiger partial charge in [-0.05, 0) is 12.3 Å². The Bertz CT molecular complexity index is 276. The summed E-state index contributed by atoms with van der Waals surface area (Å²) in [6.45, 7) is 4.96. The highest BCUT2D eigenvalue weighted by molar-refractivity contribution is 7.87. The maximum Gasteiger partial charge on any atom is 0.279 e. The number of β-amino-alcohol motifs (C(OH)–C–C–N with tert-alkyl or cyclic N) is 1. The van der Waals surface area contributed by atoms with Crippen LogP contribution >= 0.6 is 0 Å². The zero-order valence-corrected chi connectivity index (χ0v) is 9.42. The monoisotopic (exact) mass is 222 g/mol. The molecule has 0 aromatic rings. The van der Waals surface area contributed by atoms with E-state index < -0.39 is 16.3 Å². The van der Waals surface area contributed by atoms with E-state index >= 15 is 0 Å². The minimum absolute atomic E-state index is 0.216. The van der Waals surface area contributed by atoms with E-state index in [9.17, 15) is 13.5 Å². The van der Waals surface area contributed by atoms with Crippen molar-refractivity contribution < 1.29 is 13.5 Å². The highest BCUT2D eigenvalue weighted by atomic mass is 32.2. The third-order valence-corrected chi connectivity index (χ3v) is 3.68. The number of nitrogens with zero attached hydrogens (tertiary/aromatic N) is 1. The van der Waals surface area contributed by atoms with Gasteiger partial charge in [-0.1, -0.05) is 13.8 Å². The van der Waals surface area contributed by atoms with Crippen molar-refractivity contribution in [3.63, 3.8) is 0 Å². The predicted molar refractivity (Wildman–Crippen MR) is 54.0 cm³/mol. The standard InChI is InChI=1S/C8H18N2O3S/c1-7(2)5-9-14(12,13)10-4-3-8(11)6-10/h7-9,11H,3-6H2,1-2H3. The summed E-state index contributed by atoms with van der Waals surface area (Å²) in [6, 6.07) is 0. The molecule has 0 radical (unpaired) electrons. The van der Waals surface area contributed by atoms with Gasteiger partial charge < -0.3 is 5.11 Å². The zero-order valence-electron chi connectivity index (χ0n) is 8.60. The highest BCUT2D eigenvalue weighted by Gasteiger charge is 2.29. The number of hydrogen-bond acceptors (Lipinski definition) is 3. The smallest absolute Gasteiger partial charge is 0.279 e. The molecule has 1 atom stereocenters. The summed E-state index contributed by atoms with van der Waals surface area (Å²) in [5.74, 6) is 0.289. The number of rotatable bonds is 4. The third kappa shape index (κ3) is 3.20. The average molecular weight is 222 g/mol. The lowest BCUT2D eigenvalue weighted by molar-refractivity contribution is 0.189. The molecule has 0 bridgehead atoms. The largest absolute Gasteiger partial charge is 0.392 e. The summed E-state index contributed by atoms with van der Waals surface area (Å²) in [5.41, 5.74) is 0. The summed E-state index contributed by atoms with van der Waals surface area (Å²) in [7, 11) is -3.36. The lowest BCUT2D eigenvalue weighted by Crippen LogP contribution is -2.41. The first-order valence-corrected chi connectivity index (χ1v) is 6.28. The van der Waals surface area contributed by atoms with E-state index in [1.54, 1.807) is 0 Å². The molecule has 1 saturated heterocycles. The molecule has 1 unspecified atom stereocenters. The molecule has 0 aromatic carbocycles. The molecular weight excluding hydrogens is 204 g/mol. The summed E-state index contributed by atoms with van der Waals surface area (Å²) in [6.07, 6.45) is 0.0217. The molecule has 0 spiro atoms. The molecule has 2 N–H and O–H groups in total. The van der Waals surface area contributed by atoms with Gasteiger partial charge >= 0.3 is 0 Å². The third-order valence-electron chi connectivity index (χ3n) is 2.14. The van der Waals surface area contributed by atoms with Crippen LogP contribution in [0.3, 0.4) is 0 Å². The van der Waals surface area contributed by atoms with Crippen LogP contribution in [0.4, 0.5) is 0 Å². The van der Waals surface area contributed by atoms with E-state index in [0.717, 1.165) is 0 Å². The molecule has 5 nitrogen and oxygen atoms in total. The van der Waals surface area contributed by atoms with Crippen molar-refractivity contribution in [2.75, 3.05) is 19.6 Å². The normalized spacial score (nSPS) is 24.7. The van der Waals surface area contributed by atoms with Crippen molar-refractivity contribution in [1.82, 2.24) is 9.03 Å². The zero-order chi connectivity index (χ0) is 10.8. The minimum atomic E-state index is -3.36. The Morgan fingerprint density at radius 3 is 2.64 bits per heavy atom. The molecule has 0 saturated carbocycles. The van der Waals surface area contributed by atoms with Crippen LogP contribution in [0, 0.1) is 5.92 Å². The Morgan fingerprint density at radius 2 is 2.21 bits per heavy atom. The van der Waals surface area contributed by atoms with Crippen molar-refractivity contribution >= 4 is 10.2 Å². The molecule has 6 heteroatoms. The summed E-state index contributed by atoms with van der Waals surface area (Å²) < 4.78 is 27.0. The van der Waals surface area contributed by atoms with Gasteiger partial charge in [0.15, 0.2) is 0 Å². The highest BCUT2D eigenvalue weighted by Crippen LogP contribution is 2.12. The van der Waals surface area contributed by atoms with E-state index in [4.69, 9.17) is 0 Å². The Morgan fingerprint density at radius 1 is 1.57 bits per heavy atom. The van der Waals surface area contributed by atoms with Crippen molar-refractivity contribution in [2.45, 2.75) is 26.4 Å². The van der Waals surface area contributed by atoms with E-state index in [-0.39, 0.29) is 12.5 Å². The van der Waals surface area contributed by atoms with Crippen LogP contribution in [0.5, 0.6) is 0 Å². The SMILES string of the molecule is CC(C)CNS(=O)(=O)N1CCC(O)C1. The Balaban J connectivity index is 2.49. The topological polar surface area (TPSA) is 69.6 Å². The molecule has 14 heavy (non-hydrogen) atoms. The Kier molecular flexibility index (Phi) is 3.88. The van der Waals surface area contributed by atoms with E-state index in [1.165, 1.54) is 4.31 Å². The van der Waals surface area contributed by atoms with Gasteiger partial charge in [0.05, 0.1) is 6.10 Å². The molecule has 84 valence electrons. The van der Waals surface area contributed by atoms with Crippen LogP contribution in [0.2, 0.25) is 0 Å². The van der Waals surface area contributed by atoms with Gasteiger partial charge in [0.1, 0.15) is 0 Å². The minimum Gasteiger partial charge on any atom is -0.392 e. The second-order valence-electron chi connectivity index (χ2n) is 4.05. The summed E-state index contributed by atoms with van der Waals surface area (Å²) >= 11 is 0. The number of hydrogen-bond donors (Lipinski definition) is 2. The Labute approximate surface area is 85.3 Å². The second kappa shape index (κ2) is 4.57. The number of nitrogens with one attached hydrogen (secondary N) is 1. The summed E-state index contributed by atoms with van der Waals surface area (Å²) in [5, 5.41) is 9.21. The van der Waals surface area contributed by atoms with Crippen molar-refractivity contribution in [2.24, 2.45) is 5.92 Å². The fourth-order valence-electron chi connectivity index (χ4n) is 1.29. The maximum absolute atomic E-state index is 11.6. The lowest BCUT2D eigenvalue weighted by Gasteiger charge is -2.17. The number of aliphatic hydroxyl groups is 1. The number of aliphatic hydroxyl groups excluding tert-OH is 1. The van der Waals surface area contributed by atoms with Gasteiger partial charge in [0, 0.05) is 19.6 Å². The van der Waals surface area contributed by atoms with Crippen LogP contribution in [0.25, 0.3) is 0 Å². The first-order valence-electron chi connectivity index (χ1n) is 4.84. The van der Waals surface area contributed by atoms with E-state index in [2.05, 4.69) is 4.72 Å². The van der Waals surface area contributed by atoms with Crippen LogP contribution in [-0.4, -0.2) is 43.6 Å². The first kappa shape index (κ1) is 11.9. The van der Waals surface area contributed by atoms with Crippen LogP contribution in [0.1, 0.15) is 20.3 Å². The predicted octanol–water partition coefficient (Wildman–Crippen LogP) is -0.457. The van der Waals surface area contributed by atoms with Crippen molar-refractivity contribution in [3.05, 3.63) is 0 Å². The molecule has 1 aliphatic rings. The molecule has 1 rings (SSSR count). The molecule has 1 fully saturated rings. The van der Waals surface area contributed by atoms with Gasteiger partial charge in [-0.25, -0.2) is 4.72 Å². The van der Waals surface area contributed by atoms with E-state index in [1.807, 2.05) is 13.8 Å².